The Balaban J connectivity index is 1.99. The van der Waals surface area contributed by atoms with Crippen molar-refractivity contribution in [2.45, 2.75) is 84.5 Å². The van der Waals surface area contributed by atoms with Gasteiger partial charge in [-0.25, -0.2) is 0 Å². The Morgan fingerprint density at radius 3 is 2.20 bits per heavy atom. The lowest BCUT2D eigenvalue weighted by Crippen LogP contribution is -2.51. The fraction of sp³-hybridized carbons (Fsp3) is 0.704. The summed E-state index contributed by atoms with van der Waals surface area (Å²) in [5.74, 6) is 3.12. The van der Waals surface area contributed by atoms with Crippen molar-refractivity contribution >= 4 is 0 Å². The van der Waals surface area contributed by atoms with E-state index in [0.29, 0.717) is 11.8 Å². The fourth-order valence-corrected chi connectivity index (χ4v) is 5.90. The minimum Gasteiger partial charge on any atom is -0.496 e. The summed E-state index contributed by atoms with van der Waals surface area (Å²) in [6, 6.07) is 4.48. The lowest BCUT2D eigenvalue weighted by atomic mass is 9.45. The largest absolute Gasteiger partial charge is 0.496 e. The molecular weight excluding hydrogens is 372 g/mol. The molecule has 30 heavy (non-hydrogen) atoms. The van der Waals surface area contributed by atoms with Crippen LogP contribution in [0.1, 0.15) is 90.2 Å². The summed E-state index contributed by atoms with van der Waals surface area (Å²) in [5.41, 5.74) is 3.88. The maximum absolute atomic E-state index is 9.98. The van der Waals surface area contributed by atoms with Gasteiger partial charge in [0.1, 0.15) is 11.5 Å². The van der Waals surface area contributed by atoms with Gasteiger partial charge in [0.05, 0.1) is 20.8 Å². The smallest absolute Gasteiger partial charge is 0.126 e. The van der Waals surface area contributed by atoms with E-state index in [9.17, 15) is 5.11 Å². The molecule has 0 radical (unpaired) electrons. The zero-order valence-corrected chi connectivity index (χ0v) is 20.2. The number of fused-ring (bicyclic) bond motifs is 1. The molecule has 1 aromatic carbocycles. The van der Waals surface area contributed by atoms with E-state index in [1.54, 1.807) is 14.2 Å². The zero-order chi connectivity index (χ0) is 22.1. The first-order valence-corrected chi connectivity index (χ1v) is 11.8. The van der Waals surface area contributed by atoms with E-state index < -0.39 is 0 Å². The summed E-state index contributed by atoms with van der Waals surface area (Å²) >= 11 is 0. The predicted molar refractivity (Wildman–Crippen MR) is 125 cm³/mol. The van der Waals surface area contributed by atoms with Crippen LogP contribution < -0.4 is 9.47 Å². The molecule has 1 fully saturated rings. The van der Waals surface area contributed by atoms with Crippen LogP contribution in [0, 0.1) is 17.3 Å². The molecule has 3 atom stereocenters. The Kier molecular flexibility index (Phi) is 6.91. The van der Waals surface area contributed by atoms with Crippen molar-refractivity contribution in [3.63, 3.8) is 0 Å². The molecule has 2 bridgehead atoms. The second kappa shape index (κ2) is 8.94. The standard InChI is InChI=1S/C27H42O3/c1-8-9-10-11-12-26(2,3)19-14-23(29-6)25(24(15-19)30-7)20-13-18(17-28)21-16-22(20)27(21,4)5/h13-15,20-22,28H,8-12,16-17H2,1-7H3/t20?,21-,22+/m1/s1. The van der Waals surface area contributed by atoms with Crippen LogP contribution in [0.15, 0.2) is 23.8 Å². The average molecular weight is 415 g/mol. The van der Waals surface area contributed by atoms with Crippen molar-refractivity contribution in [3.05, 3.63) is 34.9 Å². The number of benzene rings is 1. The molecule has 0 amide bonds. The van der Waals surface area contributed by atoms with Crippen molar-refractivity contribution in [1.29, 1.82) is 0 Å². The third-order valence-electron chi connectivity index (χ3n) is 8.11. The highest BCUT2D eigenvalue weighted by molar-refractivity contribution is 5.55. The van der Waals surface area contributed by atoms with Crippen LogP contribution in [-0.4, -0.2) is 25.9 Å². The van der Waals surface area contributed by atoms with Gasteiger partial charge in [0, 0.05) is 11.5 Å². The quantitative estimate of drug-likeness (QED) is 0.345. The normalized spacial score (nSPS) is 24.8. The molecule has 1 unspecified atom stereocenters. The van der Waals surface area contributed by atoms with Gasteiger partial charge in [-0.05, 0) is 58.8 Å². The van der Waals surface area contributed by atoms with Crippen LogP contribution in [0.25, 0.3) is 0 Å². The molecule has 0 saturated heterocycles. The molecule has 4 rings (SSSR count). The van der Waals surface area contributed by atoms with E-state index in [2.05, 4.69) is 52.8 Å². The molecule has 3 aliphatic rings. The molecule has 0 aliphatic heterocycles. The second-order valence-corrected chi connectivity index (χ2v) is 10.6. The van der Waals surface area contributed by atoms with Crippen LogP contribution in [0.4, 0.5) is 0 Å². The topological polar surface area (TPSA) is 38.7 Å². The molecule has 3 heteroatoms. The van der Waals surface area contributed by atoms with Gasteiger partial charge in [-0.2, -0.15) is 0 Å². The SMILES string of the molecule is CCCCCCC(C)(C)c1cc(OC)c(C2C=C(CO)[C@H]3C[C@@H]2C3(C)C)c(OC)c1. The first-order chi connectivity index (χ1) is 14.2. The first-order valence-electron chi connectivity index (χ1n) is 11.8. The third-order valence-corrected chi connectivity index (χ3v) is 8.11. The van der Waals surface area contributed by atoms with Gasteiger partial charge in [-0.1, -0.05) is 66.4 Å². The van der Waals surface area contributed by atoms with Crippen molar-refractivity contribution in [2.75, 3.05) is 20.8 Å². The molecule has 1 aromatic rings. The molecular formula is C27H42O3. The number of hydrogen-bond acceptors (Lipinski definition) is 3. The Labute approximate surface area is 183 Å². The number of aliphatic hydroxyl groups excluding tert-OH is 1. The Hall–Kier alpha value is -1.48. The Morgan fingerprint density at radius 2 is 1.70 bits per heavy atom. The highest BCUT2D eigenvalue weighted by atomic mass is 16.5. The average Bonchev–Trinajstić information content (AvgIpc) is 2.74. The second-order valence-electron chi connectivity index (χ2n) is 10.6. The van der Waals surface area contributed by atoms with E-state index in [1.165, 1.54) is 36.8 Å². The zero-order valence-electron chi connectivity index (χ0n) is 20.2. The molecule has 168 valence electrons. The van der Waals surface area contributed by atoms with Crippen LogP contribution in [-0.2, 0) is 5.41 Å². The van der Waals surface area contributed by atoms with E-state index in [0.717, 1.165) is 29.9 Å². The highest BCUT2D eigenvalue weighted by Gasteiger charge is 2.56. The number of aliphatic hydroxyl groups is 1. The predicted octanol–water partition coefficient (Wildman–Crippen LogP) is 6.63. The Morgan fingerprint density at radius 1 is 1.07 bits per heavy atom. The van der Waals surface area contributed by atoms with E-state index in [4.69, 9.17) is 9.47 Å². The summed E-state index contributed by atoms with van der Waals surface area (Å²) < 4.78 is 11.9. The van der Waals surface area contributed by atoms with Crippen LogP contribution in [0.3, 0.4) is 0 Å². The number of hydrogen-bond donors (Lipinski definition) is 1. The van der Waals surface area contributed by atoms with Crippen LogP contribution in [0.5, 0.6) is 11.5 Å². The summed E-state index contributed by atoms with van der Waals surface area (Å²) in [7, 11) is 3.54. The number of ether oxygens (including phenoxy) is 2. The highest BCUT2D eigenvalue weighted by Crippen LogP contribution is 2.65. The van der Waals surface area contributed by atoms with Crippen molar-refractivity contribution < 1.29 is 14.6 Å². The van der Waals surface area contributed by atoms with Gasteiger partial charge in [0.2, 0.25) is 0 Å². The van der Waals surface area contributed by atoms with Crippen molar-refractivity contribution in [3.8, 4) is 11.5 Å². The molecule has 1 N–H and O–H groups in total. The van der Waals surface area contributed by atoms with E-state index in [1.807, 2.05) is 0 Å². The maximum atomic E-state index is 9.98. The van der Waals surface area contributed by atoms with Crippen LogP contribution >= 0.6 is 0 Å². The summed E-state index contributed by atoms with van der Waals surface area (Å²) in [5, 5.41) is 9.98. The molecule has 0 heterocycles. The van der Waals surface area contributed by atoms with Gasteiger partial charge in [0.25, 0.3) is 0 Å². The molecule has 1 saturated carbocycles. The maximum Gasteiger partial charge on any atom is 0.126 e. The van der Waals surface area contributed by atoms with E-state index >= 15 is 0 Å². The van der Waals surface area contributed by atoms with Gasteiger partial charge in [-0.15, -0.1) is 0 Å². The van der Waals surface area contributed by atoms with Gasteiger partial charge < -0.3 is 14.6 Å². The van der Waals surface area contributed by atoms with Gasteiger partial charge >= 0.3 is 0 Å². The number of allylic oxidation sites excluding steroid dienone is 1. The summed E-state index contributed by atoms with van der Waals surface area (Å²) in [6.07, 6.45) is 9.70. The third kappa shape index (κ3) is 4.02. The number of methoxy groups -OCH3 is 2. The lowest BCUT2D eigenvalue weighted by Gasteiger charge is -2.59. The monoisotopic (exact) mass is 414 g/mol. The fourth-order valence-electron chi connectivity index (χ4n) is 5.90. The number of rotatable bonds is 10. The van der Waals surface area contributed by atoms with Gasteiger partial charge in [0.15, 0.2) is 0 Å². The molecule has 3 aliphatic carbocycles. The Bertz CT molecular complexity index is 749. The molecule has 3 nitrogen and oxygen atoms in total. The van der Waals surface area contributed by atoms with Crippen molar-refractivity contribution in [1.82, 2.24) is 0 Å². The van der Waals surface area contributed by atoms with Gasteiger partial charge in [-0.3, -0.25) is 0 Å². The van der Waals surface area contributed by atoms with E-state index in [-0.39, 0.29) is 23.4 Å². The minimum absolute atomic E-state index is 0.0757. The minimum atomic E-state index is 0.0757. The number of unbranched alkanes of at least 4 members (excludes halogenated alkanes) is 3. The van der Waals surface area contributed by atoms with Crippen molar-refractivity contribution in [2.24, 2.45) is 17.3 Å². The van der Waals surface area contributed by atoms with Crippen LogP contribution in [0.2, 0.25) is 0 Å². The summed E-state index contributed by atoms with van der Waals surface area (Å²) in [4.78, 5) is 0. The molecule has 0 spiro atoms. The summed E-state index contributed by atoms with van der Waals surface area (Å²) in [6.45, 7) is 11.7. The molecule has 0 aromatic heterocycles. The lowest BCUT2D eigenvalue weighted by molar-refractivity contribution is -0.0260. The first kappa shape index (κ1) is 23.2.